The molecule has 2 aromatic rings. The fraction of sp³-hybridized carbons (Fsp3) is 0.263. The van der Waals surface area contributed by atoms with Crippen molar-refractivity contribution in [2.45, 2.75) is 32.6 Å². The van der Waals surface area contributed by atoms with Gasteiger partial charge in [-0.2, -0.15) is 0 Å². The maximum atomic E-state index is 11.7. The summed E-state index contributed by atoms with van der Waals surface area (Å²) in [7, 11) is 0. The summed E-state index contributed by atoms with van der Waals surface area (Å²) in [5.74, 6) is -2.38. The molecule has 0 radical (unpaired) electrons. The van der Waals surface area contributed by atoms with Crippen molar-refractivity contribution in [3.63, 3.8) is 0 Å². The van der Waals surface area contributed by atoms with E-state index in [1.807, 2.05) is 37.3 Å². The third-order valence-electron chi connectivity index (χ3n) is 3.87. The molecule has 23 heavy (non-hydrogen) atoms. The lowest BCUT2D eigenvalue weighted by molar-refractivity contribution is 0.0650. The van der Waals surface area contributed by atoms with Gasteiger partial charge in [0.2, 0.25) is 0 Å². The molecule has 4 nitrogen and oxygen atoms in total. The molecule has 4 heteroatoms. The van der Waals surface area contributed by atoms with Gasteiger partial charge in [-0.1, -0.05) is 49.7 Å². The van der Waals surface area contributed by atoms with Gasteiger partial charge in [-0.3, -0.25) is 0 Å². The topological polar surface area (TPSA) is 74.6 Å². The zero-order valence-corrected chi connectivity index (χ0v) is 13.1. The Labute approximate surface area is 135 Å². The van der Waals surface area contributed by atoms with Crippen LogP contribution in [0.1, 0.15) is 57.2 Å². The predicted molar refractivity (Wildman–Crippen MR) is 88.2 cm³/mol. The summed E-state index contributed by atoms with van der Waals surface area (Å²) in [5, 5.41) is 18.8. The van der Waals surface area contributed by atoms with Gasteiger partial charge in [-0.25, -0.2) is 9.59 Å². The Balaban J connectivity index is 2.54. The summed E-state index contributed by atoms with van der Waals surface area (Å²) in [4.78, 5) is 23.0. The molecule has 0 saturated carbocycles. The Morgan fingerprint density at radius 1 is 0.957 bits per heavy atom. The average molecular weight is 312 g/mol. The largest absolute Gasteiger partial charge is 0.478 e. The summed E-state index contributed by atoms with van der Waals surface area (Å²) in [5.41, 5.74) is 2.39. The minimum Gasteiger partial charge on any atom is -0.478 e. The van der Waals surface area contributed by atoms with Crippen molar-refractivity contribution in [2.75, 3.05) is 0 Å². The lowest BCUT2D eigenvalue weighted by atomic mass is 9.89. The van der Waals surface area contributed by atoms with E-state index in [4.69, 9.17) is 0 Å². The van der Waals surface area contributed by atoms with Gasteiger partial charge in [0.05, 0.1) is 11.1 Å². The lowest BCUT2D eigenvalue weighted by Gasteiger charge is -2.15. The second kappa shape index (κ2) is 7.58. The molecule has 0 aliphatic carbocycles. The van der Waals surface area contributed by atoms with E-state index in [2.05, 4.69) is 0 Å². The molecule has 0 aromatic heterocycles. The van der Waals surface area contributed by atoms with Crippen molar-refractivity contribution >= 4 is 11.9 Å². The summed E-state index contributed by atoms with van der Waals surface area (Å²) < 4.78 is 0. The molecule has 0 heterocycles. The molecule has 0 aliphatic heterocycles. The Morgan fingerprint density at radius 2 is 1.65 bits per heavy atom. The fourth-order valence-electron chi connectivity index (χ4n) is 2.73. The highest BCUT2D eigenvalue weighted by atomic mass is 16.4. The van der Waals surface area contributed by atoms with Gasteiger partial charge in [0.25, 0.3) is 0 Å². The number of carboxylic acid groups (broad SMARTS) is 2. The van der Waals surface area contributed by atoms with Gasteiger partial charge in [-0.15, -0.1) is 0 Å². The highest BCUT2D eigenvalue weighted by Gasteiger charge is 2.22. The summed E-state index contributed by atoms with van der Waals surface area (Å²) in [6.07, 6.45) is 2.91. The van der Waals surface area contributed by atoms with Crippen LogP contribution in [0.25, 0.3) is 0 Å². The molecule has 120 valence electrons. The molecule has 0 atom stereocenters. The average Bonchev–Trinajstić information content (AvgIpc) is 2.53. The van der Waals surface area contributed by atoms with Crippen LogP contribution in [-0.2, 0) is 12.8 Å². The number of aromatic carboxylic acids is 2. The Morgan fingerprint density at radius 3 is 2.22 bits per heavy atom. The normalized spacial score (nSPS) is 10.5. The smallest absolute Gasteiger partial charge is 0.336 e. The first-order valence-corrected chi connectivity index (χ1v) is 7.69. The third-order valence-corrected chi connectivity index (χ3v) is 3.87. The van der Waals surface area contributed by atoms with E-state index in [0.29, 0.717) is 18.4 Å². The Hall–Kier alpha value is -2.62. The van der Waals surface area contributed by atoms with Crippen molar-refractivity contribution in [2.24, 2.45) is 0 Å². The third kappa shape index (κ3) is 3.97. The first kappa shape index (κ1) is 16.7. The number of rotatable bonds is 7. The Bertz CT molecular complexity index is 705. The minimum absolute atomic E-state index is 0.0700. The monoisotopic (exact) mass is 312 g/mol. The molecule has 2 rings (SSSR count). The first-order chi connectivity index (χ1) is 11.0. The van der Waals surface area contributed by atoms with Crippen LogP contribution in [-0.4, -0.2) is 22.2 Å². The predicted octanol–water partition coefficient (Wildman–Crippen LogP) is 4.02. The van der Waals surface area contributed by atoms with Crippen LogP contribution in [0.15, 0.2) is 42.5 Å². The van der Waals surface area contributed by atoms with E-state index in [9.17, 15) is 19.8 Å². The summed E-state index contributed by atoms with van der Waals surface area (Å²) >= 11 is 0. The van der Waals surface area contributed by atoms with Gasteiger partial charge >= 0.3 is 11.9 Å². The van der Waals surface area contributed by atoms with Crippen molar-refractivity contribution in [1.82, 2.24) is 0 Å². The summed E-state index contributed by atoms with van der Waals surface area (Å²) in [6.45, 7) is 2.03. The molecule has 0 bridgehead atoms. The SMILES string of the molecule is CCCCc1c(Cc2ccccc2)ccc(C(=O)O)c1C(=O)O. The van der Waals surface area contributed by atoms with E-state index in [-0.39, 0.29) is 11.1 Å². The van der Waals surface area contributed by atoms with E-state index < -0.39 is 11.9 Å². The van der Waals surface area contributed by atoms with Crippen molar-refractivity contribution in [1.29, 1.82) is 0 Å². The molecule has 2 N–H and O–H groups in total. The minimum atomic E-state index is -1.20. The highest BCUT2D eigenvalue weighted by Crippen LogP contribution is 2.24. The number of unbranched alkanes of at least 4 members (excludes halogenated alkanes) is 1. The fourth-order valence-corrected chi connectivity index (χ4v) is 2.73. The molecular weight excluding hydrogens is 292 g/mol. The van der Waals surface area contributed by atoms with Crippen molar-refractivity contribution in [3.05, 3.63) is 70.3 Å². The van der Waals surface area contributed by atoms with E-state index >= 15 is 0 Å². The van der Waals surface area contributed by atoms with Crippen LogP contribution in [0.3, 0.4) is 0 Å². The molecule has 0 amide bonds. The second-order valence-electron chi connectivity index (χ2n) is 5.50. The zero-order valence-electron chi connectivity index (χ0n) is 13.1. The standard InChI is InChI=1S/C19H20O4/c1-2-3-9-15-14(12-13-7-5-4-6-8-13)10-11-16(18(20)21)17(15)19(22)23/h4-8,10-11H,2-3,9,12H2,1H3,(H,20,21)(H,22,23). The van der Waals surface area contributed by atoms with Gasteiger partial charge in [0, 0.05) is 0 Å². The number of hydrogen-bond acceptors (Lipinski definition) is 2. The van der Waals surface area contributed by atoms with E-state index in [0.717, 1.165) is 24.0 Å². The maximum Gasteiger partial charge on any atom is 0.336 e. The van der Waals surface area contributed by atoms with Gasteiger partial charge in [0.1, 0.15) is 0 Å². The number of benzene rings is 2. The van der Waals surface area contributed by atoms with Crippen LogP contribution in [0.4, 0.5) is 0 Å². The van der Waals surface area contributed by atoms with Gasteiger partial charge < -0.3 is 10.2 Å². The van der Waals surface area contributed by atoms with Gasteiger partial charge in [0.15, 0.2) is 0 Å². The lowest BCUT2D eigenvalue weighted by Crippen LogP contribution is -2.14. The van der Waals surface area contributed by atoms with Crippen molar-refractivity contribution in [3.8, 4) is 0 Å². The van der Waals surface area contributed by atoms with Crippen LogP contribution in [0.5, 0.6) is 0 Å². The van der Waals surface area contributed by atoms with Crippen LogP contribution in [0, 0.1) is 0 Å². The summed E-state index contributed by atoms with van der Waals surface area (Å²) in [6, 6.07) is 12.9. The van der Waals surface area contributed by atoms with Crippen LogP contribution in [0.2, 0.25) is 0 Å². The molecule has 2 aromatic carbocycles. The zero-order chi connectivity index (χ0) is 16.8. The maximum absolute atomic E-state index is 11.7. The molecule has 0 fully saturated rings. The highest BCUT2D eigenvalue weighted by molar-refractivity contribution is 6.03. The molecule has 0 saturated heterocycles. The number of hydrogen-bond donors (Lipinski definition) is 2. The van der Waals surface area contributed by atoms with Crippen LogP contribution >= 0.6 is 0 Å². The Kier molecular flexibility index (Phi) is 5.52. The van der Waals surface area contributed by atoms with Crippen molar-refractivity contribution < 1.29 is 19.8 Å². The molecule has 0 unspecified atom stereocenters. The second-order valence-corrected chi connectivity index (χ2v) is 5.50. The number of carboxylic acids is 2. The molecular formula is C19H20O4. The molecule has 0 spiro atoms. The number of carbonyl (C=O) groups is 2. The van der Waals surface area contributed by atoms with E-state index in [1.165, 1.54) is 6.07 Å². The quantitative estimate of drug-likeness (QED) is 0.810. The van der Waals surface area contributed by atoms with E-state index in [1.54, 1.807) is 6.07 Å². The van der Waals surface area contributed by atoms with Gasteiger partial charge in [-0.05, 0) is 42.0 Å². The first-order valence-electron chi connectivity index (χ1n) is 7.69. The molecule has 0 aliphatic rings. The van der Waals surface area contributed by atoms with Crippen LogP contribution < -0.4 is 0 Å².